The van der Waals surface area contributed by atoms with Crippen LogP contribution in [0.25, 0.3) is 0 Å². The van der Waals surface area contributed by atoms with Gasteiger partial charge in [0.25, 0.3) is 0 Å². The Hall–Kier alpha value is -2.92. The molecule has 1 aliphatic heterocycles. The number of allylic oxidation sites excluding steroid dienone is 1. The van der Waals surface area contributed by atoms with Crippen molar-refractivity contribution in [2.75, 3.05) is 44.7 Å². The Morgan fingerprint density at radius 1 is 1.08 bits per heavy atom. The predicted octanol–water partition coefficient (Wildman–Crippen LogP) is 5.77. The standard InChI is InChI=1S/C32H45N3O2/c1-5-7-10-17-34(31-23-27(25-36)13-14-29(31)22-26(3)6-2)21-20-33(4)18-16-32(37)35-19-15-28-11-8-9-12-30(28)24-35/h5,7-9,11-14,23,25-26H,6,10,15-22,24H2,1-4H3/b7-5-. The van der Waals surface area contributed by atoms with Crippen molar-refractivity contribution in [1.82, 2.24) is 9.80 Å². The van der Waals surface area contributed by atoms with Gasteiger partial charge in [-0.2, -0.15) is 0 Å². The number of hydrogen-bond acceptors (Lipinski definition) is 4. The SMILES string of the molecule is C/C=C\CCN(CCN(C)CCC(=O)N1CCc2ccccc2C1)c1cc(C=O)ccc1CC(C)CC. The summed E-state index contributed by atoms with van der Waals surface area (Å²) in [6.07, 6.45) is 9.82. The molecule has 2 aromatic rings. The Kier molecular flexibility index (Phi) is 11.4. The lowest BCUT2D eigenvalue weighted by atomic mass is 9.96. The number of hydrogen-bond donors (Lipinski definition) is 0. The number of carbonyl (C=O) groups is 2. The van der Waals surface area contributed by atoms with Crippen molar-refractivity contribution in [3.8, 4) is 0 Å². The molecule has 0 saturated heterocycles. The third kappa shape index (κ3) is 8.57. The van der Waals surface area contributed by atoms with E-state index in [-0.39, 0.29) is 5.91 Å². The van der Waals surface area contributed by atoms with Crippen LogP contribution >= 0.6 is 0 Å². The minimum Gasteiger partial charge on any atom is -0.370 e. The Bertz CT molecular complexity index is 1050. The molecule has 0 bridgehead atoms. The van der Waals surface area contributed by atoms with E-state index in [2.05, 4.69) is 86.2 Å². The smallest absolute Gasteiger partial charge is 0.224 e. The molecule has 1 heterocycles. The van der Waals surface area contributed by atoms with Gasteiger partial charge < -0.3 is 14.7 Å². The first-order valence-corrected chi connectivity index (χ1v) is 13.9. The van der Waals surface area contributed by atoms with Gasteiger partial charge in [0, 0.05) is 56.9 Å². The molecule has 1 amide bonds. The van der Waals surface area contributed by atoms with Gasteiger partial charge in [0.2, 0.25) is 5.91 Å². The summed E-state index contributed by atoms with van der Waals surface area (Å²) in [5.41, 5.74) is 5.85. The summed E-state index contributed by atoms with van der Waals surface area (Å²) >= 11 is 0. The van der Waals surface area contributed by atoms with E-state index in [1.165, 1.54) is 22.4 Å². The van der Waals surface area contributed by atoms with Crippen LogP contribution in [-0.4, -0.2) is 61.8 Å². The summed E-state index contributed by atoms with van der Waals surface area (Å²) in [7, 11) is 2.10. The highest BCUT2D eigenvalue weighted by Gasteiger charge is 2.21. The summed E-state index contributed by atoms with van der Waals surface area (Å²) in [4.78, 5) is 31.2. The number of likely N-dealkylation sites (N-methyl/N-ethyl adjacent to an activating group) is 1. The van der Waals surface area contributed by atoms with Crippen molar-refractivity contribution >= 4 is 17.9 Å². The Balaban J connectivity index is 1.61. The van der Waals surface area contributed by atoms with Gasteiger partial charge in [-0.05, 0) is 61.9 Å². The molecular weight excluding hydrogens is 458 g/mol. The summed E-state index contributed by atoms with van der Waals surface area (Å²) in [6.45, 7) is 11.5. The molecular formula is C32H45N3O2. The van der Waals surface area contributed by atoms with Crippen molar-refractivity contribution in [2.24, 2.45) is 5.92 Å². The predicted molar refractivity (Wildman–Crippen MR) is 154 cm³/mol. The molecule has 0 radical (unpaired) electrons. The van der Waals surface area contributed by atoms with Crippen molar-refractivity contribution < 1.29 is 9.59 Å². The summed E-state index contributed by atoms with van der Waals surface area (Å²) in [6, 6.07) is 14.6. The summed E-state index contributed by atoms with van der Waals surface area (Å²) in [5.74, 6) is 0.828. The number of amides is 1. The van der Waals surface area contributed by atoms with Gasteiger partial charge in [0.1, 0.15) is 6.29 Å². The Labute approximate surface area is 224 Å². The fourth-order valence-corrected chi connectivity index (χ4v) is 4.95. The average Bonchev–Trinajstić information content (AvgIpc) is 2.93. The number of carbonyl (C=O) groups excluding carboxylic acids is 2. The quantitative estimate of drug-likeness (QED) is 0.243. The molecule has 1 atom stereocenters. The van der Waals surface area contributed by atoms with Crippen molar-refractivity contribution in [2.45, 2.75) is 59.4 Å². The molecule has 0 aromatic heterocycles. The minimum absolute atomic E-state index is 0.237. The molecule has 5 nitrogen and oxygen atoms in total. The lowest BCUT2D eigenvalue weighted by molar-refractivity contribution is -0.132. The van der Waals surface area contributed by atoms with Crippen LogP contribution in [0.15, 0.2) is 54.6 Å². The van der Waals surface area contributed by atoms with E-state index in [1.54, 1.807) is 0 Å². The number of anilines is 1. The third-order valence-corrected chi connectivity index (χ3v) is 7.60. The second kappa shape index (κ2) is 14.7. The first kappa shape index (κ1) is 28.6. The number of nitrogens with zero attached hydrogens (tertiary/aromatic N) is 3. The highest BCUT2D eigenvalue weighted by atomic mass is 16.2. The van der Waals surface area contributed by atoms with E-state index in [4.69, 9.17) is 0 Å². The van der Waals surface area contributed by atoms with E-state index in [0.29, 0.717) is 12.3 Å². The Morgan fingerprint density at radius 3 is 2.59 bits per heavy atom. The third-order valence-electron chi connectivity index (χ3n) is 7.60. The van der Waals surface area contributed by atoms with Crippen LogP contribution in [0.2, 0.25) is 0 Å². The van der Waals surface area contributed by atoms with Gasteiger partial charge in [0.15, 0.2) is 0 Å². The van der Waals surface area contributed by atoms with Crippen LogP contribution < -0.4 is 4.90 Å². The number of benzene rings is 2. The average molecular weight is 504 g/mol. The fraction of sp³-hybridized carbons (Fsp3) is 0.500. The molecule has 0 spiro atoms. The maximum atomic E-state index is 12.9. The van der Waals surface area contributed by atoms with E-state index in [9.17, 15) is 9.59 Å². The maximum Gasteiger partial charge on any atom is 0.224 e. The van der Waals surface area contributed by atoms with Gasteiger partial charge in [0.05, 0.1) is 0 Å². The van der Waals surface area contributed by atoms with Crippen LogP contribution in [0.4, 0.5) is 5.69 Å². The molecule has 0 fully saturated rings. The first-order valence-electron chi connectivity index (χ1n) is 13.9. The zero-order valence-electron chi connectivity index (χ0n) is 23.3. The van der Waals surface area contributed by atoms with Crippen molar-refractivity contribution in [3.63, 3.8) is 0 Å². The van der Waals surface area contributed by atoms with Gasteiger partial charge in [-0.1, -0.05) is 68.8 Å². The molecule has 3 rings (SSSR count). The number of aldehydes is 1. The van der Waals surface area contributed by atoms with Gasteiger partial charge in [-0.15, -0.1) is 0 Å². The van der Waals surface area contributed by atoms with Crippen LogP contribution in [0.1, 0.15) is 67.1 Å². The van der Waals surface area contributed by atoms with Crippen LogP contribution in [0.5, 0.6) is 0 Å². The number of rotatable bonds is 14. The second-order valence-corrected chi connectivity index (χ2v) is 10.5. The zero-order valence-corrected chi connectivity index (χ0v) is 23.3. The molecule has 2 aromatic carbocycles. The second-order valence-electron chi connectivity index (χ2n) is 10.5. The summed E-state index contributed by atoms with van der Waals surface area (Å²) in [5, 5.41) is 0. The normalized spacial score (nSPS) is 14.1. The van der Waals surface area contributed by atoms with Crippen molar-refractivity contribution in [1.29, 1.82) is 0 Å². The molecule has 0 saturated carbocycles. The molecule has 1 aliphatic rings. The van der Waals surface area contributed by atoms with E-state index >= 15 is 0 Å². The van der Waals surface area contributed by atoms with E-state index in [1.807, 2.05) is 11.0 Å². The first-order chi connectivity index (χ1) is 17.9. The van der Waals surface area contributed by atoms with Crippen LogP contribution in [-0.2, 0) is 24.2 Å². The molecule has 0 N–H and O–H groups in total. The highest BCUT2D eigenvalue weighted by Crippen LogP contribution is 2.26. The Morgan fingerprint density at radius 2 is 1.86 bits per heavy atom. The van der Waals surface area contributed by atoms with Gasteiger partial charge in [-0.3, -0.25) is 9.59 Å². The topological polar surface area (TPSA) is 43.9 Å². The molecule has 1 unspecified atom stereocenters. The lowest BCUT2D eigenvalue weighted by Gasteiger charge is -2.31. The minimum atomic E-state index is 0.237. The number of fused-ring (bicyclic) bond motifs is 1. The fourth-order valence-electron chi connectivity index (χ4n) is 4.95. The zero-order chi connectivity index (χ0) is 26.6. The van der Waals surface area contributed by atoms with E-state index in [0.717, 1.165) is 76.8 Å². The van der Waals surface area contributed by atoms with Crippen LogP contribution in [0, 0.1) is 5.92 Å². The van der Waals surface area contributed by atoms with Gasteiger partial charge >= 0.3 is 0 Å². The molecule has 200 valence electrons. The van der Waals surface area contributed by atoms with Gasteiger partial charge in [-0.25, -0.2) is 0 Å². The monoisotopic (exact) mass is 503 g/mol. The molecule has 5 heteroatoms. The van der Waals surface area contributed by atoms with Crippen LogP contribution in [0.3, 0.4) is 0 Å². The molecule has 0 aliphatic carbocycles. The lowest BCUT2D eigenvalue weighted by Crippen LogP contribution is -2.39. The highest BCUT2D eigenvalue weighted by molar-refractivity contribution is 5.78. The maximum absolute atomic E-state index is 12.9. The largest absolute Gasteiger partial charge is 0.370 e. The molecule has 37 heavy (non-hydrogen) atoms. The van der Waals surface area contributed by atoms with E-state index < -0.39 is 0 Å². The summed E-state index contributed by atoms with van der Waals surface area (Å²) < 4.78 is 0. The van der Waals surface area contributed by atoms with Crippen molar-refractivity contribution in [3.05, 3.63) is 76.9 Å².